The summed E-state index contributed by atoms with van der Waals surface area (Å²) in [6.45, 7) is 8.74. The quantitative estimate of drug-likeness (QED) is 0.522. The highest BCUT2D eigenvalue weighted by atomic mass is 16.3. The summed E-state index contributed by atoms with van der Waals surface area (Å²) in [6.07, 6.45) is 14.6. The van der Waals surface area contributed by atoms with E-state index in [0.29, 0.717) is 0 Å². The monoisotopic (exact) mass is 306 g/mol. The predicted molar refractivity (Wildman–Crippen MR) is 96.9 cm³/mol. The Balaban J connectivity index is 4.10. The summed E-state index contributed by atoms with van der Waals surface area (Å²) in [7, 11) is 0. The highest BCUT2D eigenvalue weighted by Crippen LogP contribution is 2.13. The van der Waals surface area contributed by atoms with Gasteiger partial charge in [-0.15, -0.1) is 0 Å². The van der Waals surface area contributed by atoms with Crippen molar-refractivity contribution in [3.8, 4) is 0 Å². The van der Waals surface area contributed by atoms with Crippen molar-refractivity contribution < 1.29 is 10.2 Å². The van der Waals surface area contributed by atoms with E-state index in [9.17, 15) is 5.11 Å². The lowest BCUT2D eigenvalue weighted by Gasteiger charge is -2.04. The minimum Gasteiger partial charge on any atom is -0.392 e. The zero-order valence-electron chi connectivity index (χ0n) is 14.9. The Labute approximate surface area is 137 Å². The van der Waals surface area contributed by atoms with Gasteiger partial charge in [-0.1, -0.05) is 41.0 Å². The average molecular weight is 306 g/mol. The summed E-state index contributed by atoms with van der Waals surface area (Å²) in [5.74, 6) is 0. The van der Waals surface area contributed by atoms with Crippen molar-refractivity contribution in [3.05, 3.63) is 46.6 Å². The van der Waals surface area contributed by atoms with E-state index in [-0.39, 0.29) is 13.2 Å². The second-order valence-electron chi connectivity index (χ2n) is 6.20. The van der Waals surface area contributed by atoms with Crippen LogP contribution in [0, 0.1) is 0 Å². The first kappa shape index (κ1) is 20.9. The molecule has 0 aromatic rings. The topological polar surface area (TPSA) is 40.5 Å². The fraction of sp³-hybridized carbons (Fsp3) is 0.600. The Kier molecular flexibility index (Phi) is 12.8. The van der Waals surface area contributed by atoms with Crippen molar-refractivity contribution in [1.82, 2.24) is 0 Å². The van der Waals surface area contributed by atoms with Crippen molar-refractivity contribution in [2.45, 2.75) is 66.2 Å². The van der Waals surface area contributed by atoms with Crippen LogP contribution in [0.4, 0.5) is 0 Å². The van der Waals surface area contributed by atoms with E-state index in [1.807, 2.05) is 6.08 Å². The molecule has 0 bridgehead atoms. The van der Waals surface area contributed by atoms with Crippen LogP contribution in [0.1, 0.15) is 66.2 Å². The van der Waals surface area contributed by atoms with E-state index < -0.39 is 0 Å². The lowest BCUT2D eigenvalue weighted by molar-refractivity contribution is 0.326. The largest absolute Gasteiger partial charge is 0.392 e. The van der Waals surface area contributed by atoms with Crippen LogP contribution in [-0.2, 0) is 0 Å². The molecule has 0 aliphatic heterocycles. The van der Waals surface area contributed by atoms with E-state index in [2.05, 4.69) is 45.9 Å². The van der Waals surface area contributed by atoms with E-state index in [1.165, 1.54) is 16.7 Å². The zero-order chi connectivity index (χ0) is 16.8. The summed E-state index contributed by atoms with van der Waals surface area (Å²) in [6, 6.07) is 0. The van der Waals surface area contributed by atoms with Crippen LogP contribution in [0.25, 0.3) is 0 Å². The predicted octanol–water partition coefficient (Wildman–Crippen LogP) is 5.10. The molecule has 0 spiro atoms. The van der Waals surface area contributed by atoms with Gasteiger partial charge < -0.3 is 10.2 Å². The van der Waals surface area contributed by atoms with E-state index in [4.69, 9.17) is 5.11 Å². The molecule has 0 saturated heterocycles. The molecule has 126 valence electrons. The van der Waals surface area contributed by atoms with Crippen LogP contribution < -0.4 is 0 Å². The maximum atomic E-state index is 9.38. The lowest BCUT2D eigenvalue weighted by Crippen LogP contribution is -1.91. The second kappa shape index (κ2) is 13.5. The number of hydrogen-bond donors (Lipinski definition) is 2. The highest BCUT2D eigenvalue weighted by Gasteiger charge is 1.96. The molecule has 0 radical (unpaired) electrons. The zero-order valence-corrected chi connectivity index (χ0v) is 14.9. The van der Waals surface area contributed by atoms with Crippen LogP contribution in [0.3, 0.4) is 0 Å². The molecule has 0 fully saturated rings. The molecule has 0 aromatic heterocycles. The van der Waals surface area contributed by atoms with Gasteiger partial charge in [0.25, 0.3) is 0 Å². The molecular weight excluding hydrogens is 272 g/mol. The number of aliphatic hydroxyl groups excluding tert-OH is 2. The van der Waals surface area contributed by atoms with E-state index in [0.717, 1.165) is 44.1 Å². The maximum absolute atomic E-state index is 9.38. The molecule has 2 heteroatoms. The molecule has 22 heavy (non-hydrogen) atoms. The van der Waals surface area contributed by atoms with Gasteiger partial charge in [-0.3, -0.25) is 0 Å². The minimum atomic E-state index is 0.135. The molecule has 0 saturated carbocycles. The SMILES string of the molecule is CC(C)=CCC/C(=C/CC/C(C)=C\CC/C(C)=C/CO)CO. The van der Waals surface area contributed by atoms with Crippen molar-refractivity contribution in [1.29, 1.82) is 0 Å². The number of rotatable bonds is 11. The summed E-state index contributed by atoms with van der Waals surface area (Å²) >= 11 is 0. The minimum absolute atomic E-state index is 0.135. The van der Waals surface area contributed by atoms with Gasteiger partial charge in [0.15, 0.2) is 0 Å². The highest BCUT2D eigenvalue weighted by molar-refractivity contribution is 5.08. The third-order valence-electron chi connectivity index (χ3n) is 3.66. The third kappa shape index (κ3) is 12.6. The maximum Gasteiger partial charge on any atom is 0.0641 e. The molecule has 2 nitrogen and oxygen atoms in total. The molecule has 0 heterocycles. The fourth-order valence-corrected chi connectivity index (χ4v) is 2.20. The number of allylic oxidation sites excluding steroid dienone is 6. The average Bonchev–Trinajstić information content (AvgIpc) is 2.45. The lowest BCUT2D eigenvalue weighted by atomic mass is 10.0. The van der Waals surface area contributed by atoms with Gasteiger partial charge in [0.05, 0.1) is 13.2 Å². The van der Waals surface area contributed by atoms with Crippen LogP contribution in [0.15, 0.2) is 46.6 Å². The van der Waals surface area contributed by atoms with Gasteiger partial charge >= 0.3 is 0 Å². The molecule has 0 rings (SSSR count). The molecule has 0 aliphatic carbocycles. The van der Waals surface area contributed by atoms with Crippen molar-refractivity contribution in [3.63, 3.8) is 0 Å². The Bertz CT molecular complexity index is 407. The van der Waals surface area contributed by atoms with Crippen LogP contribution >= 0.6 is 0 Å². The van der Waals surface area contributed by atoms with Gasteiger partial charge in [0.1, 0.15) is 0 Å². The first-order chi connectivity index (χ1) is 10.5. The fourth-order valence-electron chi connectivity index (χ4n) is 2.20. The standard InChI is InChI=1S/C20H34O2/c1-17(2)8-5-12-20(16-22)13-7-11-18(3)9-6-10-19(4)14-15-21/h8-9,13-14,21-22H,5-7,10-12,15-16H2,1-4H3/b18-9-,19-14+,20-13-. The Morgan fingerprint density at radius 2 is 1.23 bits per heavy atom. The van der Waals surface area contributed by atoms with Gasteiger partial charge in [0, 0.05) is 0 Å². The van der Waals surface area contributed by atoms with E-state index in [1.54, 1.807) is 0 Å². The first-order valence-electron chi connectivity index (χ1n) is 8.33. The normalized spacial score (nSPS) is 13.5. The van der Waals surface area contributed by atoms with Gasteiger partial charge in [0.2, 0.25) is 0 Å². The smallest absolute Gasteiger partial charge is 0.0641 e. The third-order valence-corrected chi connectivity index (χ3v) is 3.66. The van der Waals surface area contributed by atoms with Gasteiger partial charge in [-0.25, -0.2) is 0 Å². The molecule has 0 aromatic carbocycles. The van der Waals surface area contributed by atoms with Crippen molar-refractivity contribution in [2.75, 3.05) is 13.2 Å². The van der Waals surface area contributed by atoms with Crippen LogP contribution in [0.5, 0.6) is 0 Å². The Hall–Kier alpha value is -1.12. The summed E-state index contributed by atoms with van der Waals surface area (Å²) in [5, 5.41) is 18.2. The summed E-state index contributed by atoms with van der Waals surface area (Å²) in [5.41, 5.74) is 5.12. The molecule has 0 unspecified atom stereocenters. The van der Waals surface area contributed by atoms with E-state index >= 15 is 0 Å². The Morgan fingerprint density at radius 1 is 0.682 bits per heavy atom. The number of hydrogen-bond acceptors (Lipinski definition) is 2. The van der Waals surface area contributed by atoms with Crippen LogP contribution in [0.2, 0.25) is 0 Å². The Morgan fingerprint density at radius 3 is 1.77 bits per heavy atom. The molecule has 0 aliphatic rings. The van der Waals surface area contributed by atoms with Crippen molar-refractivity contribution >= 4 is 0 Å². The summed E-state index contributed by atoms with van der Waals surface area (Å²) in [4.78, 5) is 0. The molecule has 0 amide bonds. The molecular formula is C20H34O2. The van der Waals surface area contributed by atoms with Gasteiger partial charge in [-0.05, 0) is 71.8 Å². The summed E-state index contributed by atoms with van der Waals surface area (Å²) < 4.78 is 0. The second-order valence-corrected chi connectivity index (χ2v) is 6.20. The molecule has 2 N–H and O–H groups in total. The number of aliphatic hydroxyl groups is 2. The molecule has 0 atom stereocenters. The van der Waals surface area contributed by atoms with Crippen molar-refractivity contribution in [2.24, 2.45) is 0 Å². The van der Waals surface area contributed by atoms with Gasteiger partial charge in [-0.2, -0.15) is 0 Å². The van der Waals surface area contributed by atoms with Crippen LogP contribution in [-0.4, -0.2) is 23.4 Å². The first-order valence-corrected chi connectivity index (χ1v) is 8.33.